The third-order valence-corrected chi connectivity index (χ3v) is 4.09. The fraction of sp³-hybridized carbons (Fsp3) is 0.316. The van der Waals surface area contributed by atoms with Gasteiger partial charge in [-0.05, 0) is 56.3 Å². The molecule has 1 saturated heterocycles. The highest BCUT2D eigenvalue weighted by Gasteiger charge is 2.11. The SMILES string of the molecule is Oc1c(C=C2C=CC=N2)ccccccn1CN1CCCCC1. The highest BCUT2D eigenvalue weighted by Crippen LogP contribution is 2.21. The van der Waals surface area contributed by atoms with Crippen molar-refractivity contribution in [1.82, 2.24) is 9.47 Å². The van der Waals surface area contributed by atoms with E-state index in [9.17, 15) is 5.11 Å². The Morgan fingerprint density at radius 1 is 1.09 bits per heavy atom. The first-order valence-electron chi connectivity index (χ1n) is 8.19. The third-order valence-electron chi connectivity index (χ3n) is 4.09. The van der Waals surface area contributed by atoms with E-state index in [1.54, 1.807) is 6.21 Å². The number of hydrogen-bond donors (Lipinski definition) is 1. The minimum atomic E-state index is 0.259. The molecule has 2 aliphatic heterocycles. The molecule has 1 fully saturated rings. The van der Waals surface area contributed by atoms with Gasteiger partial charge in [0.25, 0.3) is 0 Å². The lowest BCUT2D eigenvalue weighted by atomic mass is 10.1. The van der Waals surface area contributed by atoms with Gasteiger partial charge in [-0.3, -0.25) is 9.89 Å². The summed E-state index contributed by atoms with van der Waals surface area (Å²) in [5.74, 6) is 0.259. The number of allylic oxidation sites excluding steroid dienone is 2. The fourth-order valence-electron chi connectivity index (χ4n) is 2.85. The van der Waals surface area contributed by atoms with E-state index < -0.39 is 0 Å². The predicted octanol–water partition coefficient (Wildman–Crippen LogP) is 3.74. The summed E-state index contributed by atoms with van der Waals surface area (Å²) in [6.45, 7) is 2.88. The Kier molecular flexibility index (Phi) is 5.27. The van der Waals surface area contributed by atoms with Gasteiger partial charge in [-0.1, -0.05) is 24.6 Å². The number of nitrogens with zero attached hydrogens (tertiary/aromatic N) is 3. The molecule has 0 spiro atoms. The van der Waals surface area contributed by atoms with Gasteiger partial charge in [0.1, 0.15) is 0 Å². The first-order chi connectivity index (χ1) is 11.3. The maximum absolute atomic E-state index is 10.8. The lowest BCUT2D eigenvalue weighted by molar-refractivity contribution is 0.174. The van der Waals surface area contributed by atoms with Crippen LogP contribution in [0.1, 0.15) is 24.8 Å². The summed E-state index contributed by atoms with van der Waals surface area (Å²) in [5.41, 5.74) is 1.61. The van der Waals surface area contributed by atoms with Crippen molar-refractivity contribution in [3.63, 3.8) is 0 Å². The molecule has 4 nitrogen and oxygen atoms in total. The van der Waals surface area contributed by atoms with Gasteiger partial charge in [-0.2, -0.15) is 0 Å². The molecule has 0 radical (unpaired) electrons. The number of rotatable bonds is 3. The number of aromatic nitrogens is 1. The quantitative estimate of drug-likeness (QED) is 0.924. The Labute approximate surface area is 137 Å². The first kappa shape index (κ1) is 15.6. The molecule has 4 heteroatoms. The topological polar surface area (TPSA) is 40.8 Å². The molecular formula is C19H23N3O. The molecule has 1 aromatic heterocycles. The molecule has 0 amide bonds. The monoisotopic (exact) mass is 309 g/mol. The first-order valence-corrected chi connectivity index (χ1v) is 8.19. The average Bonchev–Trinajstić information content (AvgIpc) is 3.10. The van der Waals surface area contributed by atoms with Crippen LogP contribution in [0.25, 0.3) is 6.08 Å². The number of piperidine rings is 1. The molecule has 0 unspecified atom stereocenters. The van der Waals surface area contributed by atoms with Crippen molar-refractivity contribution in [2.24, 2.45) is 4.99 Å². The van der Waals surface area contributed by atoms with Gasteiger partial charge in [0, 0.05) is 18.0 Å². The zero-order valence-corrected chi connectivity index (χ0v) is 13.3. The van der Waals surface area contributed by atoms with Crippen LogP contribution in [0.2, 0.25) is 0 Å². The molecule has 120 valence electrons. The summed E-state index contributed by atoms with van der Waals surface area (Å²) in [6, 6.07) is 9.72. The van der Waals surface area contributed by atoms with Gasteiger partial charge < -0.3 is 9.67 Å². The van der Waals surface area contributed by atoms with Crippen LogP contribution in [0.3, 0.4) is 0 Å². The van der Waals surface area contributed by atoms with E-state index >= 15 is 0 Å². The Morgan fingerprint density at radius 3 is 2.70 bits per heavy atom. The molecule has 0 bridgehead atoms. The number of hydrogen-bond acceptors (Lipinski definition) is 3. The summed E-state index contributed by atoms with van der Waals surface area (Å²) >= 11 is 0. The second kappa shape index (κ2) is 7.79. The van der Waals surface area contributed by atoms with Crippen molar-refractivity contribution >= 4 is 12.3 Å². The number of aliphatic imine (C=N–C) groups is 1. The van der Waals surface area contributed by atoms with E-state index in [2.05, 4.69) is 9.89 Å². The van der Waals surface area contributed by atoms with E-state index in [-0.39, 0.29) is 5.88 Å². The van der Waals surface area contributed by atoms with E-state index in [0.29, 0.717) is 6.67 Å². The Morgan fingerprint density at radius 2 is 1.91 bits per heavy atom. The summed E-state index contributed by atoms with van der Waals surface area (Å²) < 4.78 is 1.90. The van der Waals surface area contributed by atoms with Gasteiger partial charge in [-0.25, -0.2) is 0 Å². The molecule has 3 heterocycles. The lowest BCUT2D eigenvalue weighted by Gasteiger charge is -2.27. The van der Waals surface area contributed by atoms with Crippen molar-refractivity contribution in [2.45, 2.75) is 25.9 Å². The standard InChI is InChI=1S/C19H23N3O/c23-19-17(15-18-10-8-11-20-18)9-4-1-2-7-14-22(19)16-21-12-5-3-6-13-21/h1-2,4,7-11,14-15,23H,3,5-6,12-13,16H2. The van der Waals surface area contributed by atoms with Gasteiger partial charge in [0.15, 0.2) is 5.88 Å². The predicted molar refractivity (Wildman–Crippen MR) is 94.8 cm³/mol. The Balaban J connectivity index is 1.97. The van der Waals surface area contributed by atoms with Crippen molar-refractivity contribution in [3.8, 4) is 5.88 Å². The van der Waals surface area contributed by atoms with Crippen LogP contribution < -0.4 is 0 Å². The van der Waals surface area contributed by atoms with Crippen molar-refractivity contribution in [1.29, 1.82) is 0 Å². The van der Waals surface area contributed by atoms with Crippen LogP contribution in [0.5, 0.6) is 5.88 Å². The van der Waals surface area contributed by atoms with E-state index in [4.69, 9.17) is 0 Å². The van der Waals surface area contributed by atoms with Gasteiger partial charge in [-0.15, -0.1) is 0 Å². The van der Waals surface area contributed by atoms with Crippen molar-refractivity contribution < 1.29 is 5.11 Å². The zero-order chi connectivity index (χ0) is 15.9. The zero-order valence-electron chi connectivity index (χ0n) is 13.3. The van der Waals surface area contributed by atoms with Crippen molar-refractivity contribution in [2.75, 3.05) is 13.1 Å². The number of likely N-dealkylation sites (tertiary alicyclic amines) is 1. The van der Waals surface area contributed by atoms with Gasteiger partial charge in [0.2, 0.25) is 0 Å². The van der Waals surface area contributed by atoms with Crippen molar-refractivity contribution in [3.05, 3.63) is 59.9 Å². The van der Waals surface area contributed by atoms with Crippen LogP contribution in [-0.2, 0) is 6.67 Å². The normalized spacial score (nSPS) is 19.2. The number of aromatic hydroxyl groups is 1. The molecule has 0 atom stereocenters. The van der Waals surface area contributed by atoms with E-state index in [1.807, 2.05) is 59.3 Å². The minimum Gasteiger partial charge on any atom is -0.494 e. The molecule has 1 aromatic rings. The van der Waals surface area contributed by atoms with Gasteiger partial charge >= 0.3 is 0 Å². The van der Waals surface area contributed by atoms with Crippen LogP contribution in [0, 0.1) is 0 Å². The van der Waals surface area contributed by atoms with Crippen LogP contribution in [0.4, 0.5) is 0 Å². The Hall–Kier alpha value is -2.33. The largest absolute Gasteiger partial charge is 0.494 e. The lowest BCUT2D eigenvalue weighted by Crippen LogP contribution is -2.31. The smallest absolute Gasteiger partial charge is 0.199 e. The molecule has 1 N–H and O–H groups in total. The summed E-state index contributed by atoms with van der Waals surface area (Å²) in [6.07, 6.45) is 13.2. The average molecular weight is 309 g/mol. The summed E-state index contributed by atoms with van der Waals surface area (Å²) in [4.78, 5) is 6.65. The summed E-state index contributed by atoms with van der Waals surface area (Å²) in [5, 5.41) is 10.8. The third kappa shape index (κ3) is 4.33. The van der Waals surface area contributed by atoms with Crippen LogP contribution >= 0.6 is 0 Å². The molecule has 2 aliphatic rings. The fourth-order valence-corrected chi connectivity index (χ4v) is 2.85. The molecule has 23 heavy (non-hydrogen) atoms. The minimum absolute atomic E-state index is 0.259. The molecule has 0 saturated carbocycles. The molecular weight excluding hydrogens is 286 g/mol. The maximum Gasteiger partial charge on any atom is 0.199 e. The van der Waals surface area contributed by atoms with Gasteiger partial charge in [0.05, 0.1) is 12.4 Å². The summed E-state index contributed by atoms with van der Waals surface area (Å²) in [7, 11) is 0. The molecule has 3 rings (SSSR count). The van der Waals surface area contributed by atoms with E-state index in [1.165, 1.54) is 19.3 Å². The Bertz CT molecular complexity index is 664. The molecule has 0 aliphatic carbocycles. The molecule has 0 aromatic carbocycles. The highest BCUT2D eigenvalue weighted by molar-refractivity contribution is 5.79. The second-order valence-electron chi connectivity index (χ2n) is 5.86. The maximum atomic E-state index is 10.8. The van der Waals surface area contributed by atoms with E-state index in [0.717, 1.165) is 24.4 Å². The second-order valence-corrected chi connectivity index (χ2v) is 5.86. The highest BCUT2D eigenvalue weighted by atomic mass is 16.3. The van der Waals surface area contributed by atoms with Crippen LogP contribution in [0.15, 0.2) is 59.4 Å². The van der Waals surface area contributed by atoms with Crippen LogP contribution in [-0.4, -0.2) is 33.9 Å².